The van der Waals surface area contributed by atoms with Gasteiger partial charge in [0.2, 0.25) is 11.8 Å². The highest BCUT2D eigenvalue weighted by atomic mass is 16.6. The number of carbonyl (C=O) groups excluding carboxylic acids is 4. The molecule has 0 spiro atoms. The van der Waals surface area contributed by atoms with Gasteiger partial charge in [-0.1, -0.05) is 6.92 Å². The van der Waals surface area contributed by atoms with E-state index in [1.807, 2.05) is 6.92 Å². The Morgan fingerprint density at radius 2 is 1.77 bits per heavy atom. The Morgan fingerprint density at radius 3 is 2.37 bits per heavy atom. The van der Waals surface area contributed by atoms with Crippen molar-refractivity contribution in [3.63, 3.8) is 0 Å². The van der Waals surface area contributed by atoms with Gasteiger partial charge in [0.1, 0.15) is 11.6 Å². The van der Waals surface area contributed by atoms with Crippen LogP contribution >= 0.6 is 0 Å². The lowest BCUT2D eigenvalue weighted by Crippen LogP contribution is -2.50. The molecule has 1 saturated carbocycles. The van der Waals surface area contributed by atoms with Gasteiger partial charge in [0.15, 0.2) is 0 Å². The van der Waals surface area contributed by atoms with E-state index < -0.39 is 23.8 Å². The fourth-order valence-electron chi connectivity index (χ4n) is 4.40. The van der Waals surface area contributed by atoms with E-state index in [0.717, 1.165) is 32.1 Å². The van der Waals surface area contributed by atoms with Crippen LogP contribution in [0.25, 0.3) is 0 Å². The SMILES string of the molecule is CCC(/C=N/NC(=O)NCC1CCC(C(=O)NC)CC1)NC(=O)[C@@H]1CCCN1C(=O)OC(C)(C)C. The highest BCUT2D eigenvalue weighted by Crippen LogP contribution is 2.28. The number of hydrogen-bond acceptors (Lipinski definition) is 6. The van der Waals surface area contributed by atoms with Crippen LogP contribution in [0.2, 0.25) is 0 Å². The summed E-state index contributed by atoms with van der Waals surface area (Å²) in [6.07, 6.45) is 6.33. The first-order chi connectivity index (χ1) is 16.5. The Bertz CT molecular complexity index is 773. The lowest BCUT2D eigenvalue weighted by molar-refractivity contribution is -0.126. The van der Waals surface area contributed by atoms with E-state index in [0.29, 0.717) is 31.8 Å². The number of nitrogens with zero attached hydrogens (tertiary/aromatic N) is 2. The number of hydrazone groups is 1. The maximum Gasteiger partial charge on any atom is 0.410 e. The van der Waals surface area contributed by atoms with Gasteiger partial charge >= 0.3 is 12.1 Å². The molecule has 1 heterocycles. The van der Waals surface area contributed by atoms with E-state index >= 15 is 0 Å². The van der Waals surface area contributed by atoms with Crippen LogP contribution in [0, 0.1) is 11.8 Å². The summed E-state index contributed by atoms with van der Waals surface area (Å²) in [4.78, 5) is 50.5. The monoisotopic (exact) mass is 494 g/mol. The average Bonchev–Trinajstić information content (AvgIpc) is 3.31. The summed E-state index contributed by atoms with van der Waals surface area (Å²) in [5.41, 5.74) is 1.81. The number of nitrogens with one attached hydrogen (secondary N) is 4. The van der Waals surface area contributed by atoms with Gasteiger partial charge in [-0.2, -0.15) is 5.10 Å². The van der Waals surface area contributed by atoms with E-state index in [9.17, 15) is 19.2 Å². The zero-order valence-corrected chi connectivity index (χ0v) is 21.7. The molecule has 0 aromatic rings. The van der Waals surface area contributed by atoms with Crippen molar-refractivity contribution >= 4 is 30.2 Å². The standard InChI is InChI=1S/C24H42N6O5/c1-6-18(28-21(32)19-8-7-13-30(19)23(34)35-24(2,3)4)15-27-29-22(33)26-14-16-9-11-17(12-10-16)20(31)25-5/h15-19H,6-14H2,1-5H3,(H,25,31)(H,28,32)(H2,26,29,33)/b27-15+/t16?,17?,18?,19-/m0/s1. The number of carbonyl (C=O) groups is 4. The average molecular weight is 495 g/mol. The molecule has 2 rings (SSSR count). The Balaban J connectivity index is 1.74. The third-order valence-electron chi connectivity index (χ3n) is 6.39. The normalized spacial score (nSPS) is 23.5. The van der Waals surface area contributed by atoms with Crippen LogP contribution in [-0.2, 0) is 14.3 Å². The van der Waals surface area contributed by atoms with E-state index in [1.54, 1.807) is 27.8 Å². The van der Waals surface area contributed by atoms with Gasteiger partial charge < -0.3 is 20.7 Å². The predicted molar refractivity (Wildman–Crippen MR) is 133 cm³/mol. The fraction of sp³-hybridized carbons (Fsp3) is 0.792. The molecule has 1 unspecified atom stereocenters. The maximum atomic E-state index is 12.8. The summed E-state index contributed by atoms with van der Waals surface area (Å²) < 4.78 is 5.42. The van der Waals surface area contributed by atoms with Crippen molar-refractivity contribution in [2.45, 2.75) is 90.3 Å². The van der Waals surface area contributed by atoms with Crippen molar-refractivity contribution in [2.24, 2.45) is 16.9 Å². The highest BCUT2D eigenvalue weighted by molar-refractivity contribution is 5.88. The highest BCUT2D eigenvalue weighted by Gasteiger charge is 2.37. The number of urea groups is 1. The van der Waals surface area contributed by atoms with Gasteiger partial charge in [0.05, 0.1) is 6.04 Å². The molecule has 2 fully saturated rings. The van der Waals surface area contributed by atoms with E-state index in [2.05, 4.69) is 26.5 Å². The van der Waals surface area contributed by atoms with Crippen molar-refractivity contribution < 1.29 is 23.9 Å². The minimum atomic E-state index is -0.628. The second-order valence-corrected chi connectivity index (χ2v) is 10.3. The second-order valence-electron chi connectivity index (χ2n) is 10.3. The molecule has 0 radical (unpaired) electrons. The van der Waals surface area contributed by atoms with Crippen LogP contribution < -0.4 is 21.4 Å². The number of ether oxygens (including phenoxy) is 1. The molecule has 0 bridgehead atoms. The molecule has 35 heavy (non-hydrogen) atoms. The third kappa shape index (κ3) is 9.37. The van der Waals surface area contributed by atoms with Crippen LogP contribution in [0.5, 0.6) is 0 Å². The molecule has 1 aliphatic carbocycles. The molecule has 11 heteroatoms. The van der Waals surface area contributed by atoms with Crippen molar-refractivity contribution in [1.82, 2.24) is 26.3 Å². The van der Waals surface area contributed by atoms with Crippen molar-refractivity contribution in [1.29, 1.82) is 0 Å². The maximum absolute atomic E-state index is 12.8. The summed E-state index contributed by atoms with van der Waals surface area (Å²) >= 11 is 0. The second kappa shape index (κ2) is 13.3. The van der Waals surface area contributed by atoms with Gasteiger partial charge in [0, 0.05) is 32.3 Å². The Kier molecular flexibility index (Phi) is 10.8. The first kappa shape index (κ1) is 28.4. The summed E-state index contributed by atoms with van der Waals surface area (Å²) in [7, 11) is 1.66. The molecule has 0 aromatic heterocycles. The fourth-order valence-corrected chi connectivity index (χ4v) is 4.40. The first-order valence-electron chi connectivity index (χ1n) is 12.6. The molecule has 1 aliphatic heterocycles. The van der Waals surface area contributed by atoms with Gasteiger partial charge in [-0.15, -0.1) is 0 Å². The molecular weight excluding hydrogens is 452 g/mol. The molecule has 2 atom stereocenters. The Morgan fingerprint density at radius 1 is 1.09 bits per heavy atom. The molecular formula is C24H42N6O5. The molecule has 1 saturated heterocycles. The summed E-state index contributed by atoms with van der Waals surface area (Å²) in [5, 5.41) is 12.4. The Hall–Kier alpha value is -2.85. The number of likely N-dealkylation sites (tertiary alicyclic amines) is 1. The molecule has 11 nitrogen and oxygen atoms in total. The summed E-state index contributed by atoms with van der Waals surface area (Å²) in [6, 6.07) is -1.38. The minimum Gasteiger partial charge on any atom is -0.444 e. The number of hydrogen-bond donors (Lipinski definition) is 4. The summed E-state index contributed by atoms with van der Waals surface area (Å²) in [6.45, 7) is 8.28. The van der Waals surface area contributed by atoms with Crippen LogP contribution in [-0.4, -0.2) is 72.9 Å². The van der Waals surface area contributed by atoms with Crippen molar-refractivity contribution in [2.75, 3.05) is 20.1 Å². The van der Waals surface area contributed by atoms with E-state index in [-0.39, 0.29) is 23.8 Å². The lowest BCUT2D eigenvalue weighted by atomic mass is 9.81. The van der Waals surface area contributed by atoms with Gasteiger partial charge in [-0.05, 0) is 71.6 Å². The lowest BCUT2D eigenvalue weighted by Gasteiger charge is -2.28. The largest absolute Gasteiger partial charge is 0.444 e. The van der Waals surface area contributed by atoms with Gasteiger partial charge in [-0.25, -0.2) is 15.0 Å². The number of rotatable bonds is 8. The third-order valence-corrected chi connectivity index (χ3v) is 6.39. The summed E-state index contributed by atoms with van der Waals surface area (Å²) in [5.74, 6) is 0.235. The number of amides is 5. The van der Waals surface area contributed by atoms with Crippen molar-refractivity contribution in [3.8, 4) is 0 Å². The van der Waals surface area contributed by atoms with Crippen molar-refractivity contribution in [3.05, 3.63) is 0 Å². The van der Waals surface area contributed by atoms with Crippen LogP contribution in [0.4, 0.5) is 9.59 Å². The topological polar surface area (TPSA) is 141 Å². The van der Waals surface area contributed by atoms with E-state index in [4.69, 9.17) is 4.74 Å². The quantitative estimate of drug-likeness (QED) is 0.302. The molecule has 4 N–H and O–H groups in total. The smallest absolute Gasteiger partial charge is 0.410 e. The van der Waals surface area contributed by atoms with Crippen LogP contribution in [0.15, 0.2) is 5.10 Å². The first-order valence-corrected chi connectivity index (χ1v) is 12.6. The molecule has 0 aromatic carbocycles. The van der Waals surface area contributed by atoms with Crippen LogP contribution in [0.3, 0.4) is 0 Å². The molecule has 2 aliphatic rings. The molecule has 5 amide bonds. The van der Waals surface area contributed by atoms with Gasteiger partial charge in [0.25, 0.3) is 0 Å². The van der Waals surface area contributed by atoms with E-state index in [1.165, 1.54) is 11.1 Å². The zero-order chi connectivity index (χ0) is 26.0. The Labute approximate surface area is 208 Å². The van der Waals surface area contributed by atoms with Crippen LogP contribution in [0.1, 0.15) is 72.6 Å². The molecule has 198 valence electrons. The minimum absolute atomic E-state index is 0.0660. The zero-order valence-electron chi connectivity index (χ0n) is 21.7. The van der Waals surface area contributed by atoms with Gasteiger partial charge in [-0.3, -0.25) is 14.5 Å². The predicted octanol–water partition coefficient (Wildman–Crippen LogP) is 2.12.